The Morgan fingerprint density at radius 3 is 2.42 bits per heavy atom. The Labute approximate surface area is 118 Å². The Morgan fingerprint density at radius 2 is 1.89 bits per heavy atom. The van der Waals surface area contributed by atoms with E-state index in [1.165, 1.54) is 51.4 Å². The zero-order valence-electron chi connectivity index (χ0n) is 12.8. The molecule has 0 aliphatic heterocycles. The van der Waals surface area contributed by atoms with Crippen LogP contribution in [0.1, 0.15) is 78.1 Å². The molecular weight excluding hydrogens is 232 g/mol. The summed E-state index contributed by atoms with van der Waals surface area (Å²) in [4.78, 5) is 12.9. The molecule has 0 aromatic heterocycles. The number of hydrogen-bond donors (Lipinski definition) is 0. The second-order valence-electron chi connectivity index (χ2n) is 8.15. The van der Waals surface area contributed by atoms with Crippen molar-refractivity contribution in [2.24, 2.45) is 29.1 Å². The zero-order valence-corrected chi connectivity index (χ0v) is 12.8. The highest BCUT2D eigenvalue weighted by atomic mass is 16.1. The molecule has 0 aromatic carbocycles. The lowest BCUT2D eigenvalue weighted by Crippen LogP contribution is -2.32. The minimum atomic E-state index is 0.0933. The summed E-state index contributed by atoms with van der Waals surface area (Å²) in [6.07, 6.45) is 12.7. The monoisotopic (exact) mass is 262 g/mol. The second-order valence-corrected chi connectivity index (χ2v) is 8.15. The number of fused-ring (bicyclic) bond motifs is 2. The molecule has 108 valence electrons. The predicted octanol–water partition coefficient (Wildman–Crippen LogP) is 4.99. The van der Waals surface area contributed by atoms with E-state index in [0.29, 0.717) is 11.7 Å². The third kappa shape index (κ3) is 2.62. The standard InChI is InChI=1S/C18H30O/c1-13(2)12-18(7-3-4-8-18)17(19)11-16-10-14-5-6-15(16)9-14/h13-16H,3-12H2,1-2H3. The molecule has 0 spiro atoms. The summed E-state index contributed by atoms with van der Waals surface area (Å²) in [6.45, 7) is 4.57. The Balaban J connectivity index is 1.64. The average molecular weight is 262 g/mol. The van der Waals surface area contributed by atoms with E-state index in [0.717, 1.165) is 30.6 Å². The van der Waals surface area contributed by atoms with E-state index >= 15 is 0 Å². The van der Waals surface area contributed by atoms with Gasteiger partial charge < -0.3 is 0 Å². The highest BCUT2D eigenvalue weighted by Crippen LogP contribution is 2.52. The molecule has 0 heterocycles. The molecule has 0 radical (unpaired) electrons. The molecule has 0 saturated heterocycles. The summed E-state index contributed by atoms with van der Waals surface area (Å²) in [5.74, 6) is 3.97. The van der Waals surface area contributed by atoms with Crippen molar-refractivity contribution in [1.82, 2.24) is 0 Å². The van der Waals surface area contributed by atoms with E-state index in [2.05, 4.69) is 13.8 Å². The fourth-order valence-corrected chi connectivity index (χ4v) is 5.51. The van der Waals surface area contributed by atoms with Crippen molar-refractivity contribution in [3.05, 3.63) is 0 Å². The molecule has 3 atom stereocenters. The van der Waals surface area contributed by atoms with Gasteiger partial charge in [-0.15, -0.1) is 0 Å². The quantitative estimate of drug-likeness (QED) is 0.682. The number of carbonyl (C=O) groups is 1. The first-order chi connectivity index (χ1) is 9.09. The molecule has 3 aliphatic rings. The minimum Gasteiger partial charge on any atom is -0.299 e. The fraction of sp³-hybridized carbons (Fsp3) is 0.944. The van der Waals surface area contributed by atoms with Crippen molar-refractivity contribution in [2.75, 3.05) is 0 Å². The Kier molecular flexibility index (Phi) is 3.75. The van der Waals surface area contributed by atoms with Crippen molar-refractivity contribution < 1.29 is 4.79 Å². The van der Waals surface area contributed by atoms with Gasteiger partial charge in [-0.1, -0.05) is 33.1 Å². The van der Waals surface area contributed by atoms with Crippen LogP contribution in [0.25, 0.3) is 0 Å². The van der Waals surface area contributed by atoms with Gasteiger partial charge >= 0.3 is 0 Å². The smallest absolute Gasteiger partial charge is 0.139 e. The first-order valence-electron chi connectivity index (χ1n) is 8.62. The van der Waals surface area contributed by atoms with Crippen molar-refractivity contribution in [3.63, 3.8) is 0 Å². The molecule has 3 saturated carbocycles. The van der Waals surface area contributed by atoms with E-state index in [-0.39, 0.29) is 5.41 Å². The van der Waals surface area contributed by atoms with Gasteiger partial charge in [0.25, 0.3) is 0 Å². The van der Waals surface area contributed by atoms with E-state index in [1.54, 1.807) is 0 Å². The maximum Gasteiger partial charge on any atom is 0.139 e. The maximum atomic E-state index is 12.9. The molecule has 3 unspecified atom stereocenters. The summed E-state index contributed by atoms with van der Waals surface area (Å²) >= 11 is 0. The number of Topliss-reactive ketones (excluding diaryl/α,β-unsaturated/α-hetero) is 1. The zero-order chi connectivity index (χ0) is 13.5. The predicted molar refractivity (Wildman–Crippen MR) is 78.9 cm³/mol. The minimum absolute atomic E-state index is 0.0933. The summed E-state index contributed by atoms with van der Waals surface area (Å²) in [5, 5.41) is 0. The maximum absolute atomic E-state index is 12.9. The summed E-state index contributed by atoms with van der Waals surface area (Å²) in [7, 11) is 0. The van der Waals surface area contributed by atoms with Crippen LogP contribution in [0.15, 0.2) is 0 Å². The molecule has 0 amide bonds. The topological polar surface area (TPSA) is 17.1 Å². The van der Waals surface area contributed by atoms with Crippen LogP contribution in [0.4, 0.5) is 0 Å². The van der Waals surface area contributed by atoms with Crippen LogP contribution < -0.4 is 0 Å². The third-order valence-corrected chi connectivity index (χ3v) is 6.28. The van der Waals surface area contributed by atoms with Gasteiger partial charge in [0.05, 0.1) is 0 Å². The van der Waals surface area contributed by atoms with Crippen LogP contribution >= 0.6 is 0 Å². The molecule has 3 fully saturated rings. The summed E-state index contributed by atoms with van der Waals surface area (Å²) in [5.41, 5.74) is 0.0933. The third-order valence-electron chi connectivity index (χ3n) is 6.28. The number of rotatable bonds is 5. The van der Waals surface area contributed by atoms with Crippen LogP contribution in [0, 0.1) is 29.1 Å². The van der Waals surface area contributed by atoms with Crippen molar-refractivity contribution in [3.8, 4) is 0 Å². The fourth-order valence-electron chi connectivity index (χ4n) is 5.51. The molecule has 0 N–H and O–H groups in total. The van der Waals surface area contributed by atoms with Gasteiger partial charge in [-0.05, 0) is 62.2 Å². The lowest BCUT2D eigenvalue weighted by molar-refractivity contribution is -0.130. The van der Waals surface area contributed by atoms with Crippen LogP contribution in [-0.2, 0) is 4.79 Å². The van der Waals surface area contributed by atoms with Gasteiger partial charge in [0.2, 0.25) is 0 Å². The van der Waals surface area contributed by atoms with E-state index in [1.807, 2.05) is 0 Å². The molecule has 3 rings (SSSR count). The van der Waals surface area contributed by atoms with E-state index < -0.39 is 0 Å². The summed E-state index contributed by atoms with van der Waals surface area (Å²) in [6, 6.07) is 0. The second kappa shape index (κ2) is 5.22. The van der Waals surface area contributed by atoms with Gasteiger partial charge in [-0.2, -0.15) is 0 Å². The van der Waals surface area contributed by atoms with Crippen molar-refractivity contribution >= 4 is 5.78 Å². The largest absolute Gasteiger partial charge is 0.299 e. The van der Waals surface area contributed by atoms with Gasteiger partial charge in [-0.25, -0.2) is 0 Å². The lowest BCUT2D eigenvalue weighted by atomic mass is 9.71. The van der Waals surface area contributed by atoms with E-state index in [4.69, 9.17) is 0 Å². The van der Waals surface area contributed by atoms with Gasteiger partial charge in [0, 0.05) is 11.8 Å². The highest BCUT2D eigenvalue weighted by Gasteiger charge is 2.45. The molecular formula is C18H30O. The number of hydrogen-bond acceptors (Lipinski definition) is 1. The molecule has 0 aromatic rings. The Morgan fingerprint density at radius 1 is 1.16 bits per heavy atom. The van der Waals surface area contributed by atoms with Crippen molar-refractivity contribution in [1.29, 1.82) is 0 Å². The van der Waals surface area contributed by atoms with Crippen LogP contribution in [0.5, 0.6) is 0 Å². The normalized spacial score (nSPS) is 36.3. The van der Waals surface area contributed by atoms with Gasteiger partial charge in [-0.3, -0.25) is 4.79 Å². The first kappa shape index (κ1) is 13.6. The van der Waals surface area contributed by atoms with Crippen LogP contribution in [-0.4, -0.2) is 5.78 Å². The highest BCUT2D eigenvalue weighted by molar-refractivity contribution is 5.85. The number of carbonyl (C=O) groups excluding carboxylic acids is 1. The van der Waals surface area contributed by atoms with Crippen LogP contribution in [0.3, 0.4) is 0 Å². The molecule has 19 heavy (non-hydrogen) atoms. The molecule has 2 bridgehead atoms. The Bertz CT molecular complexity index is 338. The first-order valence-corrected chi connectivity index (χ1v) is 8.62. The molecule has 3 aliphatic carbocycles. The molecule has 1 heteroatoms. The Hall–Kier alpha value is -0.330. The van der Waals surface area contributed by atoms with E-state index in [9.17, 15) is 4.79 Å². The SMILES string of the molecule is CC(C)CC1(C(=O)CC2CC3CCC2C3)CCCC1. The summed E-state index contributed by atoms with van der Waals surface area (Å²) < 4.78 is 0. The lowest BCUT2D eigenvalue weighted by Gasteiger charge is -2.32. The average Bonchev–Trinajstić information content (AvgIpc) is 3.03. The van der Waals surface area contributed by atoms with Crippen molar-refractivity contribution in [2.45, 2.75) is 78.1 Å². The van der Waals surface area contributed by atoms with Gasteiger partial charge in [0.15, 0.2) is 0 Å². The number of ketones is 1. The van der Waals surface area contributed by atoms with Gasteiger partial charge in [0.1, 0.15) is 5.78 Å². The van der Waals surface area contributed by atoms with Crippen LogP contribution in [0.2, 0.25) is 0 Å². The molecule has 1 nitrogen and oxygen atoms in total.